The Morgan fingerprint density at radius 1 is 1.10 bits per heavy atom. The van der Waals surface area contributed by atoms with Crippen LogP contribution in [0.5, 0.6) is 0 Å². The Kier molecular flexibility index (Phi) is 5.66. The number of rotatable bonds is 5. The van der Waals surface area contributed by atoms with E-state index < -0.39 is 16.4 Å². The number of pyridine rings is 2. The molecule has 0 amide bonds. The van der Waals surface area contributed by atoms with Gasteiger partial charge in [0.05, 0.1) is 6.26 Å². The molecule has 4 rings (SSSR count). The van der Waals surface area contributed by atoms with Gasteiger partial charge >= 0.3 is 0 Å². The van der Waals surface area contributed by atoms with E-state index in [1.165, 1.54) is 22.8 Å². The molecule has 30 heavy (non-hydrogen) atoms. The Labute approximate surface area is 174 Å². The average Bonchev–Trinajstić information content (AvgIpc) is 2.73. The summed E-state index contributed by atoms with van der Waals surface area (Å²) in [5.74, 6) is 0. The van der Waals surface area contributed by atoms with Gasteiger partial charge in [-0.1, -0.05) is 6.07 Å². The molecule has 9 heteroatoms. The molecule has 3 heterocycles. The topological polar surface area (TPSA) is 75.2 Å². The smallest absolute Gasteiger partial charge is 0.280 e. The predicted molar refractivity (Wildman–Crippen MR) is 113 cm³/mol. The Hall–Kier alpha value is -2.65. The molecule has 1 fully saturated rings. The van der Waals surface area contributed by atoms with E-state index in [-0.39, 0.29) is 11.7 Å². The predicted octanol–water partition coefficient (Wildman–Crippen LogP) is 4.07. The van der Waals surface area contributed by atoms with E-state index >= 15 is 0 Å². The highest BCUT2D eigenvalue weighted by Gasteiger charge is 2.25. The number of fused-ring (bicyclic) bond motifs is 1. The molecule has 0 unspecified atom stereocenters. The van der Waals surface area contributed by atoms with Crippen molar-refractivity contribution in [2.24, 2.45) is 0 Å². The summed E-state index contributed by atoms with van der Waals surface area (Å²) in [6.45, 7) is 0.955. The summed E-state index contributed by atoms with van der Waals surface area (Å²) < 4.78 is 50.6. The van der Waals surface area contributed by atoms with Crippen molar-refractivity contribution in [2.45, 2.75) is 25.3 Å². The first-order chi connectivity index (χ1) is 14.3. The number of hydrogen-bond donors (Lipinski definition) is 1. The van der Waals surface area contributed by atoms with Crippen molar-refractivity contribution in [2.75, 3.05) is 24.7 Å². The lowest BCUT2D eigenvalue weighted by molar-refractivity contribution is 0.146. The van der Waals surface area contributed by atoms with Crippen LogP contribution in [0.3, 0.4) is 0 Å². The maximum absolute atomic E-state index is 12.8. The van der Waals surface area contributed by atoms with Gasteiger partial charge in [-0.2, -0.15) is 0 Å². The van der Waals surface area contributed by atoms with Gasteiger partial charge < -0.3 is 5.32 Å². The van der Waals surface area contributed by atoms with Crippen LogP contribution in [-0.2, 0) is 10.0 Å². The Balaban J connectivity index is 1.63. The third-order valence-corrected chi connectivity index (χ3v) is 6.68. The monoisotopic (exact) mass is 432 g/mol. The van der Waals surface area contributed by atoms with Crippen molar-refractivity contribution >= 4 is 26.5 Å². The van der Waals surface area contributed by atoms with E-state index in [0.29, 0.717) is 25.9 Å². The fraction of sp³-hybridized carbons (Fsp3) is 0.333. The van der Waals surface area contributed by atoms with Gasteiger partial charge in [0.25, 0.3) is 6.43 Å². The molecule has 0 atom stereocenters. The van der Waals surface area contributed by atoms with Crippen LogP contribution in [-0.4, -0.2) is 48.1 Å². The highest BCUT2D eigenvalue weighted by Crippen LogP contribution is 2.32. The van der Waals surface area contributed by atoms with E-state index in [4.69, 9.17) is 0 Å². The fourth-order valence-electron chi connectivity index (χ4n) is 3.74. The van der Waals surface area contributed by atoms with Gasteiger partial charge in [0.1, 0.15) is 5.69 Å². The highest BCUT2D eigenvalue weighted by molar-refractivity contribution is 7.88. The largest absolute Gasteiger partial charge is 0.382 e. The quantitative estimate of drug-likeness (QED) is 0.658. The number of piperidine rings is 1. The summed E-state index contributed by atoms with van der Waals surface area (Å²) in [6, 6.07) is 8.95. The van der Waals surface area contributed by atoms with E-state index in [0.717, 1.165) is 27.6 Å². The average molecular weight is 432 g/mol. The molecule has 6 nitrogen and oxygen atoms in total. The van der Waals surface area contributed by atoms with E-state index in [1.807, 2.05) is 18.2 Å². The lowest BCUT2D eigenvalue weighted by Gasteiger charge is -2.31. The first-order valence-corrected chi connectivity index (χ1v) is 11.5. The molecule has 1 aromatic carbocycles. The van der Waals surface area contributed by atoms with E-state index in [1.54, 1.807) is 18.5 Å². The van der Waals surface area contributed by atoms with Crippen LogP contribution >= 0.6 is 0 Å². The van der Waals surface area contributed by atoms with Crippen LogP contribution in [0.2, 0.25) is 0 Å². The molecule has 0 bridgehead atoms. The van der Waals surface area contributed by atoms with E-state index in [2.05, 4.69) is 15.3 Å². The van der Waals surface area contributed by atoms with E-state index in [9.17, 15) is 17.2 Å². The third-order valence-electron chi connectivity index (χ3n) is 5.38. The fourth-order valence-corrected chi connectivity index (χ4v) is 4.62. The number of halogens is 2. The number of anilines is 1. The molecular weight excluding hydrogens is 410 g/mol. The first kappa shape index (κ1) is 20.6. The Bertz CT molecular complexity index is 1150. The minimum absolute atomic E-state index is 0.126. The number of sulfonamides is 1. The molecule has 1 aliphatic heterocycles. The summed E-state index contributed by atoms with van der Waals surface area (Å²) in [5.41, 5.74) is 2.23. The van der Waals surface area contributed by atoms with Crippen LogP contribution in [0, 0.1) is 0 Å². The lowest BCUT2D eigenvalue weighted by atomic mass is 10.00. The molecule has 0 saturated carbocycles. The van der Waals surface area contributed by atoms with Crippen molar-refractivity contribution in [3.05, 3.63) is 54.6 Å². The molecular formula is C21H22F2N4O2S. The zero-order valence-electron chi connectivity index (χ0n) is 16.4. The third kappa shape index (κ3) is 4.41. The van der Waals surface area contributed by atoms with Gasteiger partial charge in [0.15, 0.2) is 0 Å². The zero-order chi connectivity index (χ0) is 21.3. The summed E-state index contributed by atoms with van der Waals surface area (Å²) >= 11 is 0. The van der Waals surface area contributed by atoms with Crippen LogP contribution in [0.15, 0.2) is 48.9 Å². The molecule has 1 saturated heterocycles. The molecule has 158 valence electrons. The Morgan fingerprint density at radius 3 is 2.50 bits per heavy atom. The van der Waals surface area contributed by atoms with Gasteiger partial charge in [-0.15, -0.1) is 0 Å². The van der Waals surface area contributed by atoms with Gasteiger partial charge in [0.2, 0.25) is 10.0 Å². The van der Waals surface area contributed by atoms with Crippen LogP contribution < -0.4 is 5.32 Å². The SMILES string of the molecule is CS(=O)(=O)N1CCC(Nc2cc(-c3ccc(C(F)F)nc3)cc3ccncc23)CC1. The van der Waals surface area contributed by atoms with Crippen molar-refractivity contribution in [3.8, 4) is 11.1 Å². The van der Waals surface area contributed by atoms with Crippen LogP contribution in [0.25, 0.3) is 21.9 Å². The summed E-state index contributed by atoms with van der Waals surface area (Å²) in [7, 11) is -3.17. The Morgan fingerprint density at radius 2 is 1.87 bits per heavy atom. The molecule has 3 aromatic rings. The summed E-state index contributed by atoms with van der Waals surface area (Å²) in [4.78, 5) is 8.09. The second-order valence-electron chi connectivity index (χ2n) is 7.47. The number of alkyl halides is 2. The summed E-state index contributed by atoms with van der Waals surface area (Å²) in [6.07, 6.45) is 4.98. The van der Waals surface area contributed by atoms with Crippen molar-refractivity contribution in [1.82, 2.24) is 14.3 Å². The number of nitrogens with zero attached hydrogens (tertiary/aromatic N) is 3. The zero-order valence-corrected chi connectivity index (χ0v) is 17.2. The maximum Gasteiger partial charge on any atom is 0.280 e. The first-order valence-electron chi connectivity index (χ1n) is 9.65. The van der Waals surface area contributed by atoms with Gasteiger partial charge in [-0.25, -0.2) is 21.5 Å². The number of hydrogen-bond acceptors (Lipinski definition) is 5. The molecule has 0 spiro atoms. The molecule has 0 radical (unpaired) electrons. The van der Waals surface area contributed by atoms with Gasteiger partial charge in [-0.3, -0.25) is 9.97 Å². The second kappa shape index (κ2) is 8.23. The number of aromatic nitrogens is 2. The molecule has 1 N–H and O–H groups in total. The van der Waals surface area contributed by atoms with Crippen molar-refractivity contribution in [3.63, 3.8) is 0 Å². The second-order valence-corrected chi connectivity index (χ2v) is 9.46. The maximum atomic E-state index is 12.8. The molecule has 2 aromatic heterocycles. The molecule has 1 aliphatic rings. The lowest BCUT2D eigenvalue weighted by Crippen LogP contribution is -2.41. The summed E-state index contributed by atoms with van der Waals surface area (Å²) in [5, 5.41) is 5.45. The number of benzene rings is 1. The van der Waals surface area contributed by atoms with Crippen LogP contribution in [0.1, 0.15) is 25.0 Å². The van der Waals surface area contributed by atoms with Crippen molar-refractivity contribution in [1.29, 1.82) is 0 Å². The van der Waals surface area contributed by atoms with Crippen LogP contribution in [0.4, 0.5) is 14.5 Å². The van der Waals surface area contributed by atoms with Gasteiger partial charge in [0, 0.05) is 54.4 Å². The standard InChI is InChI=1S/C21H22F2N4O2S/c1-30(28,29)27-8-5-17(6-9-27)26-20-11-16(10-14-4-7-24-13-18(14)20)15-2-3-19(21(22)23)25-12-15/h2-4,7,10-13,17,21,26H,5-6,8-9H2,1H3. The minimum Gasteiger partial charge on any atom is -0.382 e. The van der Waals surface area contributed by atoms with Crippen molar-refractivity contribution < 1.29 is 17.2 Å². The molecule has 0 aliphatic carbocycles. The van der Waals surface area contributed by atoms with Gasteiger partial charge in [-0.05, 0) is 48.1 Å². The minimum atomic E-state index is -3.17. The number of nitrogens with one attached hydrogen (secondary N) is 1. The highest BCUT2D eigenvalue weighted by atomic mass is 32.2. The normalized spacial score (nSPS) is 16.3.